The molecule has 2 aromatic carbocycles. The van der Waals surface area contributed by atoms with Crippen LogP contribution in [0.25, 0.3) is 0 Å². The first-order valence-corrected chi connectivity index (χ1v) is 11.8. The van der Waals surface area contributed by atoms with Crippen molar-refractivity contribution < 1.29 is 4.79 Å². The smallest absolute Gasteiger partial charge is 0.226 e. The number of carbonyl (C=O) groups is 1. The van der Waals surface area contributed by atoms with Crippen molar-refractivity contribution in [2.45, 2.75) is 51.5 Å². The van der Waals surface area contributed by atoms with E-state index in [-0.39, 0.29) is 30.2 Å². The molecule has 0 radical (unpaired) electrons. The summed E-state index contributed by atoms with van der Waals surface area (Å²) in [5.74, 6) is 0.289. The van der Waals surface area contributed by atoms with Crippen molar-refractivity contribution in [2.24, 2.45) is 5.92 Å². The summed E-state index contributed by atoms with van der Waals surface area (Å²) in [5.41, 5.74) is 2.66. The average molecular weight is 421 g/mol. The van der Waals surface area contributed by atoms with Crippen molar-refractivity contribution in [1.82, 2.24) is 20.4 Å². The van der Waals surface area contributed by atoms with E-state index >= 15 is 0 Å². The normalized spacial score (nSPS) is 25.5. The summed E-state index contributed by atoms with van der Waals surface area (Å²) in [6.45, 7) is 8.13. The summed E-state index contributed by atoms with van der Waals surface area (Å²) >= 11 is 0. The lowest BCUT2D eigenvalue weighted by molar-refractivity contribution is -0.133. The Bertz CT molecular complexity index is 780. The van der Waals surface area contributed by atoms with E-state index in [0.717, 1.165) is 45.4 Å². The number of hydrogen-bond donors (Lipinski definition) is 2. The summed E-state index contributed by atoms with van der Waals surface area (Å²) in [6.07, 6.45) is 3.14. The molecule has 2 N–H and O–H groups in total. The Kier molecular flexibility index (Phi) is 7.38. The van der Waals surface area contributed by atoms with E-state index in [1.165, 1.54) is 11.1 Å². The average Bonchev–Trinajstić information content (AvgIpc) is 2.81. The number of carbonyl (C=O) groups excluding carboxylic acids is 1. The molecule has 0 aliphatic carbocycles. The molecule has 5 nitrogen and oxygen atoms in total. The number of hydrogen-bond acceptors (Lipinski definition) is 4. The molecule has 3 atom stereocenters. The van der Waals surface area contributed by atoms with Gasteiger partial charge in [-0.1, -0.05) is 80.4 Å². The van der Waals surface area contributed by atoms with Gasteiger partial charge >= 0.3 is 0 Å². The number of nitrogens with one attached hydrogen (secondary N) is 2. The second-order valence-corrected chi connectivity index (χ2v) is 8.91. The van der Waals surface area contributed by atoms with E-state index in [9.17, 15) is 4.79 Å². The van der Waals surface area contributed by atoms with Crippen LogP contribution < -0.4 is 10.6 Å². The molecule has 2 heterocycles. The van der Waals surface area contributed by atoms with Crippen molar-refractivity contribution in [3.05, 3.63) is 71.8 Å². The monoisotopic (exact) mass is 420 g/mol. The maximum absolute atomic E-state index is 12.7. The van der Waals surface area contributed by atoms with Gasteiger partial charge in [-0.2, -0.15) is 0 Å². The van der Waals surface area contributed by atoms with Gasteiger partial charge in [0.2, 0.25) is 5.91 Å². The molecule has 31 heavy (non-hydrogen) atoms. The molecule has 5 heteroatoms. The van der Waals surface area contributed by atoms with Gasteiger partial charge < -0.3 is 5.32 Å². The van der Waals surface area contributed by atoms with Crippen molar-refractivity contribution in [2.75, 3.05) is 26.2 Å². The Labute approximate surface area is 186 Å². The highest BCUT2D eigenvalue weighted by molar-refractivity contribution is 5.80. The quantitative estimate of drug-likeness (QED) is 0.719. The summed E-state index contributed by atoms with van der Waals surface area (Å²) < 4.78 is 0. The van der Waals surface area contributed by atoms with Gasteiger partial charge in [-0.25, -0.2) is 0 Å². The van der Waals surface area contributed by atoms with Crippen LogP contribution >= 0.6 is 0 Å². The van der Waals surface area contributed by atoms with Crippen molar-refractivity contribution in [1.29, 1.82) is 0 Å². The largest absolute Gasteiger partial charge is 0.328 e. The molecule has 0 spiro atoms. The molecule has 4 rings (SSSR count). The van der Waals surface area contributed by atoms with Crippen LogP contribution in [0, 0.1) is 5.92 Å². The minimum absolute atomic E-state index is 0.0607. The third-order valence-corrected chi connectivity index (χ3v) is 6.82. The molecule has 2 aliphatic heterocycles. The highest BCUT2D eigenvalue weighted by atomic mass is 16.2. The molecule has 1 amide bonds. The number of benzene rings is 2. The molecule has 2 fully saturated rings. The van der Waals surface area contributed by atoms with Crippen LogP contribution in [0.5, 0.6) is 0 Å². The third kappa shape index (κ3) is 5.17. The van der Waals surface area contributed by atoms with Crippen molar-refractivity contribution >= 4 is 5.91 Å². The van der Waals surface area contributed by atoms with Crippen LogP contribution in [0.4, 0.5) is 0 Å². The van der Waals surface area contributed by atoms with E-state index in [1.54, 1.807) is 0 Å². The first-order chi connectivity index (χ1) is 15.2. The van der Waals surface area contributed by atoms with Gasteiger partial charge in [0.15, 0.2) is 0 Å². The summed E-state index contributed by atoms with van der Waals surface area (Å²) in [5, 5.41) is 6.90. The van der Waals surface area contributed by atoms with E-state index in [1.807, 2.05) is 0 Å². The number of amides is 1. The molecule has 2 saturated heterocycles. The first kappa shape index (κ1) is 22.0. The van der Waals surface area contributed by atoms with Gasteiger partial charge in [0.05, 0.1) is 12.0 Å². The third-order valence-electron chi connectivity index (χ3n) is 6.82. The second kappa shape index (κ2) is 10.4. The molecule has 0 saturated carbocycles. The molecule has 0 aromatic heterocycles. The maximum Gasteiger partial charge on any atom is 0.226 e. The summed E-state index contributed by atoms with van der Waals surface area (Å²) in [6, 6.07) is 22.0. The molecule has 2 aliphatic rings. The van der Waals surface area contributed by atoms with Crippen molar-refractivity contribution in [3.8, 4) is 0 Å². The van der Waals surface area contributed by atoms with Crippen molar-refractivity contribution in [3.63, 3.8) is 0 Å². The molecular weight excluding hydrogens is 384 g/mol. The van der Waals surface area contributed by atoms with E-state index in [2.05, 4.69) is 94.9 Å². The number of piperazine rings is 1. The molecule has 2 aromatic rings. The zero-order chi connectivity index (χ0) is 21.6. The minimum Gasteiger partial charge on any atom is -0.328 e. The van der Waals surface area contributed by atoms with Gasteiger partial charge in [0.1, 0.15) is 6.29 Å². The van der Waals surface area contributed by atoms with Crippen LogP contribution in [0.2, 0.25) is 0 Å². The highest BCUT2D eigenvalue weighted by Crippen LogP contribution is 2.30. The van der Waals surface area contributed by atoms with Crippen LogP contribution in [-0.4, -0.2) is 54.2 Å². The van der Waals surface area contributed by atoms with Gasteiger partial charge in [0.25, 0.3) is 0 Å². The Morgan fingerprint density at radius 1 is 0.935 bits per heavy atom. The minimum atomic E-state index is -0.0607. The standard InChI is InChI=1S/C26H36N4O/c1-3-4-15-23-20(2)27-26(28-25(23)31)30-18-16-29(17-19-30)24(21-11-7-5-8-12-21)22-13-9-6-10-14-22/h5-14,20,23-24,26-27H,3-4,15-19H2,1-2H3,(H,28,31). The van der Waals surface area contributed by atoms with Crippen LogP contribution in [0.15, 0.2) is 60.7 Å². The lowest BCUT2D eigenvalue weighted by Gasteiger charge is -2.46. The summed E-state index contributed by atoms with van der Waals surface area (Å²) in [7, 11) is 0. The SMILES string of the molecule is CCCCC1C(=O)NC(N2CCN(C(c3ccccc3)c3ccccc3)CC2)NC1C. The lowest BCUT2D eigenvalue weighted by Crippen LogP contribution is -2.68. The van der Waals surface area contributed by atoms with E-state index in [4.69, 9.17) is 0 Å². The highest BCUT2D eigenvalue weighted by Gasteiger charge is 2.37. The van der Waals surface area contributed by atoms with Gasteiger partial charge in [-0.05, 0) is 24.5 Å². The molecule has 0 bridgehead atoms. The molecule has 166 valence electrons. The van der Waals surface area contributed by atoms with E-state index < -0.39 is 0 Å². The van der Waals surface area contributed by atoms with Crippen LogP contribution in [-0.2, 0) is 4.79 Å². The fraction of sp³-hybridized carbons (Fsp3) is 0.500. The second-order valence-electron chi connectivity index (χ2n) is 8.91. The fourth-order valence-electron chi connectivity index (χ4n) is 5.02. The van der Waals surface area contributed by atoms with Crippen LogP contribution in [0.3, 0.4) is 0 Å². The van der Waals surface area contributed by atoms with Crippen LogP contribution in [0.1, 0.15) is 50.3 Å². The Hall–Kier alpha value is -2.21. The first-order valence-electron chi connectivity index (χ1n) is 11.8. The lowest BCUT2D eigenvalue weighted by atomic mass is 9.92. The fourth-order valence-corrected chi connectivity index (χ4v) is 5.02. The Morgan fingerprint density at radius 2 is 1.52 bits per heavy atom. The Morgan fingerprint density at radius 3 is 2.03 bits per heavy atom. The molecular formula is C26H36N4O. The van der Waals surface area contributed by atoms with E-state index in [0.29, 0.717) is 0 Å². The summed E-state index contributed by atoms with van der Waals surface area (Å²) in [4.78, 5) is 17.7. The zero-order valence-corrected chi connectivity index (χ0v) is 18.8. The van der Waals surface area contributed by atoms with Gasteiger partial charge in [-0.15, -0.1) is 0 Å². The van der Waals surface area contributed by atoms with Gasteiger partial charge in [-0.3, -0.25) is 19.9 Å². The maximum atomic E-state index is 12.7. The number of nitrogens with zero attached hydrogens (tertiary/aromatic N) is 2. The number of unbranched alkanes of at least 4 members (excludes halogenated alkanes) is 1. The number of rotatable bonds is 7. The Balaban J connectivity index is 1.41. The van der Waals surface area contributed by atoms with Gasteiger partial charge in [0, 0.05) is 32.2 Å². The molecule has 3 unspecified atom stereocenters. The zero-order valence-electron chi connectivity index (χ0n) is 18.8. The predicted octanol–water partition coefficient (Wildman–Crippen LogP) is 3.59. The predicted molar refractivity (Wildman–Crippen MR) is 125 cm³/mol. The topological polar surface area (TPSA) is 47.6 Å².